The van der Waals surface area contributed by atoms with Crippen LogP contribution in [0.2, 0.25) is 0 Å². The molecule has 4 rings (SSSR count). The van der Waals surface area contributed by atoms with E-state index in [-0.39, 0.29) is 11.5 Å². The normalized spacial score (nSPS) is 20.6. The highest BCUT2D eigenvalue weighted by molar-refractivity contribution is 5.95. The number of pyridine rings is 1. The summed E-state index contributed by atoms with van der Waals surface area (Å²) in [5, 5.41) is 0. The summed E-state index contributed by atoms with van der Waals surface area (Å²) in [6, 6.07) is 11.7. The van der Waals surface area contributed by atoms with Crippen molar-refractivity contribution < 1.29 is 14.3 Å². The maximum atomic E-state index is 12.7. The molecule has 1 amide bonds. The lowest BCUT2D eigenvalue weighted by molar-refractivity contribution is -0.120. The lowest BCUT2D eigenvalue weighted by atomic mass is 9.79. The second-order valence-electron chi connectivity index (χ2n) is 7.63. The molecule has 0 N–H and O–H groups in total. The van der Waals surface area contributed by atoms with Crippen molar-refractivity contribution in [3.63, 3.8) is 0 Å². The SMILES string of the molecule is Cc1cccc(C(=O)N2CC3(C2)OCC[C@H]3CCOCc2ccncc2)c1. The van der Waals surface area contributed by atoms with E-state index < -0.39 is 0 Å². The van der Waals surface area contributed by atoms with Crippen molar-refractivity contribution in [2.45, 2.75) is 32.0 Å². The van der Waals surface area contributed by atoms with E-state index in [2.05, 4.69) is 4.98 Å². The van der Waals surface area contributed by atoms with E-state index in [0.717, 1.165) is 36.1 Å². The van der Waals surface area contributed by atoms with Gasteiger partial charge in [-0.15, -0.1) is 0 Å². The van der Waals surface area contributed by atoms with Crippen LogP contribution in [0.3, 0.4) is 0 Å². The van der Waals surface area contributed by atoms with E-state index in [1.807, 2.05) is 48.2 Å². The van der Waals surface area contributed by atoms with E-state index in [0.29, 0.717) is 32.2 Å². The molecule has 2 aromatic rings. The van der Waals surface area contributed by atoms with Gasteiger partial charge in [-0.05, 0) is 55.5 Å². The fourth-order valence-corrected chi connectivity index (χ4v) is 4.14. The summed E-state index contributed by atoms with van der Waals surface area (Å²) < 4.78 is 11.9. The van der Waals surface area contributed by atoms with Crippen LogP contribution in [0, 0.1) is 12.8 Å². The molecule has 0 bridgehead atoms. The highest BCUT2D eigenvalue weighted by Crippen LogP contribution is 2.42. The summed E-state index contributed by atoms with van der Waals surface area (Å²) in [6.07, 6.45) is 5.59. The summed E-state index contributed by atoms with van der Waals surface area (Å²) in [7, 11) is 0. The summed E-state index contributed by atoms with van der Waals surface area (Å²) in [5.74, 6) is 0.559. The van der Waals surface area contributed by atoms with Gasteiger partial charge in [0.2, 0.25) is 0 Å². The molecule has 2 aliphatic heterocycles. The Morgan fingerprint density at radius 3 is 2.89 bits per heavy atom. The maximum Gasteiger partial charge on any atom is 0.254 e. The number of carbonyl (C=O) groups excluding carboxylic acids is 1. The number of ether oxygens (including phenoxy) is 2. The Morgan fingerprint density at radius 2 is 2.11 bits per heavy atom. The Labute approximate surface area is 160 Å². The van der Waals surface area contributed by atoms with Gasteiger partial charge in [0.25, 0.3) is 5.91 Å². The Morgan fingerprint density at radius 1 is 1.30 bits per heavy atom. The van der Waals surface area contributed by atoms with Crippen LogP contribution in [0.15, 0.2) is 48.8 Å². The van der Waals surface area contributed by atoms with E-state index >= 15 is 0 Å². The summed E-state index contributed by atoms with van der Waals surface area (Å²) in [5.41, 5.74) is 2.85. The number of aromatic nitrogens is 1. The predicted octanol–water partition coefficient (Wildman–Crippen LogP) is 3.23. The van der Waals surface area contributed by atoms with Gasteiger partial charge in [-0.3, -0.25) is 9.78 Å². The predicted molar refractivity (Wildman–Crippen MR) is 102 cm³/mol. The first-order valence-electron chi connectivity index (χ1n) is 9.63. The third kappa shape index (κ3) is 3.89. The largest absolute Gasteiger partial charge is 0.377 e. The van der Waals surface area contributed by atoms with Gasteiger partial charge in [0.15, 0.2) is 0 Å². The zero-order chi connectivity index (χ0) is 18.7. The Kier molecular flexibility index (Phi) is 5.23. The summed E-state index contributed by atoms with van der Waals surface area (Å²) in [4.78, 5) is 18.6. The first-order valence-corrected chi connectivity index (χ1v) is 9.63. The molecule has 1 aromatic heterocycles. The van der Waals surface area contributed by atoms with Crippen molar-refractivity contribution in [3.05, 3.63) is 65.5 Å². The third-order valence-corrected chi connectivity index (χ3v) is 5.70. The number of hydrogen-bond acceptors (Lipinski definition) is 4. The van der Waals surface area contributed by atoms with Crippen LogP contribution in [0.4, 0.5) is 0 Å². The fourth-order valence-electron chi connectivity index (χ4n) is 4.14. The molecule has 2 saturated heterocycles. The molecule has 2 aliphatic rings. The van der Waals surface area contributed by atoms with Crippen LogP contribution in [-0.4, -0.2) is 47.7 Å². The van der Waals surface area contributed by atoms with Gasteiger partial charge >= 0.3 is 0 Å². The number of nitrogens with zero attached hydrogens (tertiary/aromatic N) is 2. The lowest BCUT2D eigenvalue weighted by Crippen LogP contribution is -2.66. The number of benzene rings is 1. The van der Waals surface area contributed by atoms with Gasteiger partial charge in [-0.1, -0.05) is 17.7 Å². The molecule has 0 saturated carbocycles. The van der Waals surface area contributed by atoms with Crippen LogP contribution in [0.5, 0.6) is 0 Å². The van der Waals surface area contributed by atoms with Crippen LogP contribution in [0.1, 0.15) is 34.3 Å². The van der Waals surface area contributed by atoms with Crippen LogP contribution >= 0.6 is 0 Å². The molecular formula is C22H26N2O3. The van der Waals surface area contributed by atoms with Gasteiger partial charge in [0.1, 0.15) is 5.60 Å². The first-order chi connectivity index (χ1) is 13.2. The first kappa shape index (κ1) is 18.1. The summed E-state index contributed by atoms with van der Waals surface area (Å²) in [6.45, 7) is 5.49. The van der Waals surface area contributed by atoms with Gasteiger partial charge in [-0.2, -0.15) is 0 Å². The molecule has 1 spiro atoms. The minimum atomic E-state index is -0.167. The molecular weight excluding hydrogens is 340 g/mol. The molecule has 1 aromatic carbocycles. The minimum absolute atomic E-state index is 0.104. The van der Waals surface area contributed by atoms with Gasteiger partial charge in [-0.25, -0.2) is 0 Å². The van der Waals surface area contributed by atoms with E-state index in [9.17, 15) is 4.79 Å². The monoisotopic (exact) mass is 366 g/mol. The third-order valence-electron chi connectivity index (χ3n) is 5.70. The molecule has 0 unspecified atom stereocenters. The van der Waals surface area contributed by atoms with Gasteiger partial charge in [0.05, 0.1) is 19.7 Å². The molecule has 27 heavy (non-hydrogen) atoms. The zero-order valence-electron chi connectivity index (χ0n) is 15.8. The topological polar surface area (TPSA) is 51.7 Å². The van der Waals surface area contributed by atoms with E-state index in [1.54, 1.807) is 12.4 Å². The number of likely N-dealkylation sites (tertiary alicyclic amines) is 1. The molecule has 5 nitrogen and oxygen atoms in total. The molecule has 2 fully saturated rings. The van der Waals surface area contributed by atoms with Gasteiger partial charge in [0, 0.05) is 31.2 Å². The number of hydrogen-bond donors (Lipinski definition) is 0. The van der Waals surface area contributed by atoms with Crippen molar-refractivity contribution in [3.8, 4) is 0 Å². The van der Waals surface area contributed by atoms with Crippen molar-refractivity contribution in [2.24, 2.45) is 5.92 Å². The van der Waals surface area contributed by atoms with E-state index in [1.165, 1.54) is 0 Å². The lowest BCUT2D eigenvalue weighted by Gasteiger charge is -2.50. The molecule has 0 aliphatic carbocycles. The summed E-state index contributed by atoms with van der Waals surface area (Å²) >= 11 is 0. The Balaban J connectivity index is 1.27. The highest BCUT2D eigenvalue weighted by atomic mass is 16.5. The van der Waals surface area contributed by atoms with E-state index in [4.69, 9.17) is 9.47 Å². The maximum absolute atomic E-state index is 12.7. The second kappa shape index (κ2) is 7.79. The quantitative estimate of drug-likeness (QED) is 0.737. The van der Waals surface area contributed by atoms with Crippen molar-refractivity contribution in [1.82, 2.24) is 9.88 Å². The highest BCUT2D eigenvalue weighted by Gasteiger charge is 2.54. The smallest absolute Gasteiger partial charge is 0.254 e. The van der Waals surface area contributed by atoms with Crippen LogP contribution in [0.25, 0.3) is 0 Å². The molecule has 0 radical (unpaired) electrons. The second-order valence-corrected chi connectivity index (χ2v) is 7.63. The molecule has 5 heteroatoms. The van der Waals surface area contributed by atoms with Crippen molar-refractivity contribution >= 4 is 5.91 Å². The van der Waals surface area contributed by atoms with Crippen molar-refractivity contribution in [2.75, 3.05) is 26.3 Å². The number of rotatable bonds is 6. The van der Waals surface area contributed by atoms with Crippen LogP contribution < -0.4 is 0 Å². The number of carbonyl (C=O) groups is 1. The Hall–Kier alpha value is -2.24. The molecule has 142 valence electrons. The fraction of sp³-hybridized carbons (Fsp3) is 0.455. The zero-order valence-corrected chi connectivity index (χ0v) is 15.8. The van der Waals surface area contributed by atoms with Gasteiger partial charge < -0.3 is 14.4 Å². The number of amides is 1. The Bertz CT molecular complexity index is 787. The standard InChI is InChI=1S/C22H26N2O3/c1-17-3-2-4-19(13-17)21(25)24-15-22(16-24)20(8-12-27-22)7-11-26-14-18-5-9-23-10-6-18/h2-6,9-10,13,20H,7-8,11-12,14-16H2,1H3/t20-/m1/s1. The number of aryl methyl sites for hydroxylation is 1. The van der Waals surface area contributed by atoms with Crippen molar-refractivity contribution in [1.29, 1.82) is 0 Å². The average Bonchev–Trinajstić information content (AvgIpc) is 3.08. The molecule has 1 atom stereocenters. The minimum Gasteiger partial charge on any atom is -0.377 e. The average molecular weight is 366 g/mol. The van der Waals surface area contributed by atoms with Crippen LogP contribution in [-0.2, 0) is 16.1 Å². The molecule has 3 heterocycles.